The predicted molar refractivity (Wildman–Crippen MR) is 76.0 cm³/mol. The summed E-state index contributed by atoms with van der Waals surface area (Å²) in [6, 6.07) is 10.1. The van der Waals surface area contributed by atoms with Gasteiger partial charge in [-0.1, -0.05) is 0 Å². The number of aromatic nitrogens is 3. The van der Waals surface area contributed by atoms with Gasteiger partial charge in [-0.2, -0.15) is 0 Å². The Bertz CT molecular complexity index is 673. The number of pyridine rings is 1. The first-order chi connectivity index (χ1) is 8.25. The van der Waals surface area contributed by atoms with E-state index in [9.17, 15) is 0 Å². The van der Waals surface area contributed by atoms with Gasteiger partial charge in [0.1, 0.15) is 5.52 Å². The second-order valence-corrected chi connectivity index (χ2v) is 4.89. The maximum Gasteiger partial charge on any atom is 0.205 e. The Morgan fingerprint density at radius 3 is 2.65 bits per heavy atom. The molecule has 1 aromatic carbocycles. The second-order valence-electron chi connectivity index (χ2n) is 3.65. The molecule has 3 rings (SSSR count). The van der Waals surface area contributed by atoms with Crippen LogP contribution in [0.15, 0.2) is 42.7 Å². The van der Waals surface area contributed by atoms with Gasteiger partial charge in [0.2, 0.25) is 5.95 Å². The summed E-state index contributed by atoms with van der Waals surface area (Å²) >= 11 is 2.27. The standard InChI is InChI=1S/C12H9IN4/c13-8-1-3-9(4-2-8)17-11-5-6-15-7-10(11)16-12(17)14/h1-7H,(H2,14,16). The van der Waals surface area contributed by atoms with Crippen LogP contribution in [0.2, 0.25) is 0 Å². The molecule has 3 aromatic rings. The van der Waals surface area contributed by atoms with Gasteiger partial charge in [-0.25, -0.2) is 4.98 Å². The topological polar surface area (TPSA) is 56.7 Å². The fourth-order valence-corrected chi connectivity index (χ4v) is 2.17. The number of hydrogen-bond donors (Lipinski definition) is 1. The van der Waals surface area contributed by atoms with Crippen molar-refractivity contribution in [2.24, 2.45) is 0 Å². The number of rotatable bonds is 1. The van der Waals surface area contributed by atoms with Crippen molar-refractivity contribution in [2.45, 2.75) is 0 Å². The first-order valence-corrected chi connectivity index (χ1v) is 6.17. The van der Waals surface area contributed by atoms with Gasteiger partial charge >= 0.3 is 0 Å². The lowest BCUT2D eigenvalue weighted by atomic mass is 10.3. The van der Waals surface area contributed by atoms with E-state index in [2.05, 4.69) is 32.6 Å². The van der Waals surface area contributed by atoms with E-state index < -0.39 is 0 Å². The molecule has 4 nitrogen and oxygen atoms in total. The molecule has 0 fully saturated rings. The SMILES string of the molecule is Nc1nc2cnccc2n1-c1ccc(I)cc1. The molecule has 17 heavy (non-hydrogen) atoms. The first kappa shape index (κ1) is 10.5. The van der Waals surface area contributed by atoms with Gasteiger partial charge in [-0.05, 0) is 52.9 Å². The van der Waals surface area contributed by atoms with E-state index in [1.165, 1.54) is 3.57 Å². The van der Waals surface area contributed by atoms with Crippen LogP contribution in [0.5, 0.6) is 0 Å². The quantitative estimate of drug-likeness (QED) is 0.695. The zero-order valence-corrected chi connectivity index (χ0v) is 11.0. The van der Waals surface area contributed by atoms with Gasteiger partial charge < -0.3 is 5.73 Å². The Kier molecular flexibility index (Phi) is 2.47. The average molecular weight is 336 g/mol. The third kappa shape index (κ3) is 1.76. The second kappa shape index (κ2) is 3.99. The van der Waals surface area contributed by atoms with Gasteiger partial charge in [0.05, 0.1) is 11.7 Å². The van der Waals surface area contributed by atoms with Crippen LogP contribution >= 0.6 is 22.6 Å². The molecule has 0 bridgehead atoms. The van der Waals surface area contributed by atoms with Crippen LogP contribution in [0, 0.1) is 3.57 Å². The number of halogens is 1. The lowest BCUT2D eigenvalue weighted by Crippen LogP contribution is -2.00. The van der Waals surface area contributed by atoms with E-state index in [1.807, 2.05) is 34.9 Å². The predicted octanol–water partition coefficient (Wildman–Crippen LogP) is 2.61. The minimum atomic E-state index is 0.481. The third-order valence-electron chi connectivity index (χ3n) is 2.57. The number of nitrogens with two attached hydrogens (primary N) is 1. The highest BCUT2D eigenvalue weighted by atomic mass is 127. The Morgan fingerprint density at radius 1 is 1.12 bits per heavy atom. The highest BCUT2D eigenvalue weighted by molar-refractivity contribution is 14.1. The third-order valence-corrected chi connectivity index (χ3v) is 3.29. The molecule has 0 aliphatic rings. The zero-order valence-electron chi connectivity index (χ0n) is 8.84. The van der Waals surface area contributed by atoms with Crippen molar-refractivity contribution in [3.8, 4) is 5.69 Å². The fraction of sp³-hybridized carbons (Fsp3) is 0. The summed E-state index contributed by atoms with van der Waals surface area (Å²) in [7, 11) is 0. The molecule has 2 N–H and O–H groups in total. The molecule has 0 saturated heterocycles. The van der Waals surface area contributed by atoms with E-state index in [0.29, 0.717) is 5.95 Å². The number of nitrogen functional groups attached to an aromatic ring is 1. The van der Waals surface area contributed by atoms with Gasteiger partial charge in [0.25, 0.3) is 0 Å². The summed E-state index contributed by atoms with van der Waals surface area (Å²) in [5.41, 5.74) is 8.74. The van der Waals surface area contributed by atoms with E-state index in [1.54, 1.807) is 12.4 Å². The molecule has 0 radical (unpaired) electrons. The van der Waals surface area contributed by atoms with Crippen LogP contribution in [0.4, 0.5) is 5.95 Å². The van der Waals surface area contributed by atoms with E-state index >= 15 is 0 Å². The minimum absolute atomic E-state index is 0.481. The molecule has 2 aromatic heterocycles. The molecule has 84 valence electrons. The largest absolute Gasteiger partial charge is 0.369 e. The number of hydrogen-bond acceptors (Lipinski definition) is 3. The first-order valence-electron chi connectivity index (χ1n) is 5.09. The fourth-order valence-electron chi connectivity index (χ4n) is 1.81. The molecule has 5 heteroatoms. The smallest absolute Gasteiger partial charge is 0.205 e. The van der Waals surface area contributed by atoms with E-state index in [0.717, 1.165) is 16.7 Å². The molecule has 0 aliphatic heterocycles. The molecule has 0 aliphatic carbocycles. The number of imidazole rings is 1. The Morgan fingerprint density at radius 2 is 1.88 bits per heavy atom. The summed E-state index contributed by atoms with van der Waals surface area (Å²) in [4.78, 5) is 8.33. The number of anilines is 1. The molecule has 0 spiro atoms. The number of nitrogens with zero attached hydrogens (tertiary/aromatic N) is 3. The van der Waals surface area contributed by atoms with Crippen molar-refractivity contribution in [3.63, 3.8) is 0 Å². The monoisotopic (exact) mass is 336 g/mol. The normalized spacial score (nSPS) is 10.9. The summed E-state index contributed by atoms with van der Waals surface area (Å²) in [6.45, 7) is 0. The molecule has 0 amide bonds. The maximum absolute atomic E-state index is 5.95. The molecule has 2 heterocycles. The lowest BCUT2D eigenvalue weighted by Gasteiger charge is -2.06. The lowest BCUT2D eigenvalue weighted by molar-refractivity contribution is 1.11. The van der Waals surface area contributed by atoms with Crippen molar-refractivity contribution >= 4 is 39.6 Å². The molecule has 0 unspecified atom stereocenters. The number of fused-ring (bicyclic) bond motifs is 1. The van der Waals surface area contributed by atoms with Gasteiger partial charge in [-0.3, -0.25) is 9.55 Å². The van der Waals surface area contributed by atoms with Crippen LogP contribution in [0.25, 0.3) is 16.7 Å². The van der Waals surface area contributed by atoms with Crippen molar-refractivity contribution in [1.29, 1.82) is 0 Å². The van der Waals surface area contributed by atoms with Crippen LogP contribution in [0.1, 0.15) is 0 Å². The molecular weight excluding hydrogens is 327 g/mol. The molecule has 0 saturated carbocycles. The minimum Gasteiger partial charge on any atom is -0.369 e. The van der Waals surface area contributed by atoms with Crippen LogP contribution in [-0.4, -0.2) is 14.5 Å². The Labute approximate surface area is 112 Å². The van der Waals surface area contributed by atoms with Gasteiger partial charge in [0, 0.05) is 15.5 Å². The van der Waals surface area contributed by atoms with E-state index in [-0.39, 0.29) is 0 Å². The number of benzene rings is 1. The molecular formula is C12H9IN4. The summed E-state index contributed by atoms with van der Waals surface area (Å²) < 4.78 is 3.11. The van der Waals surface area contributed by atoms with Crippen molar-refractivity contribution in [2.75, 3.05) is 5.73 Å². The van der Waals surface area contributed by atoms with Crippen LogP contribution in [0.3, 0.4) is 0 Å². The van der Waals surface area contributed by atoms with Crippen molar-refractivity contribution < 1.29 is 0 Å². The van der Waals surface area contributed by atoms with Crippen molar-refractivity contribution in [3.05, 3.63) is 46.3 Å². The highest BCUT2D eigenvalue weighted by Gasteiger charge is 2.09. The van der Waals surface area contributed by atoms with Gasteiger partial charge in [-0.15, -0.1) is 0 Å². The molecule has 0 atom stereocenters. The Balaban J connectivity index is 2.29. The highest BCUT2D eigenvalue weighted by Crippen LogP contribution is 2.22. The summed E-state index contributed by atoms with van der Waals surface area (Å²) in [6.07, 6.45) is 3.46. The Hall–Kier alpha value is -1.63. The van der Waals surface area contributed by atoms with Gasteiger partial charge in [0.15, 0.2) is 0 Å². The summed E-state index contributed by atoms with van der Waals surface area (Å²) in [5.74, 6) is 0.481. The van der Waals surface area contributed by atoms with Crippen molar-refractivity contribution in [1.82, 2.24) is 14.5 Å². The van der Waals surface area contributed by atoms with Crippen LogP contribution in [-0.2, 0) is 0 Å². The van der Waals surface area contributed by atoms with E-state index in [4.69, 9.17) is 5.73 Å². The summed E-state index contributed by atoms with van der Waals surface area (Å²) in [5, 5.41) is 0. The maximum atomic E-state index is 5.95. The van der Waals surface area contributed by atoms with Crippen LogP contribution < -0.4 is 5.73 Å². The average Bonchev–Trinajstić information content (AvgIpc) is 2.66. The zero-order chi connectivity index (χ0) is 11.8.